The lowest BCUT2D eigenvalue weighted by molar-refractivity contribution is -0.136. The summed E-state index contributed by atoms with van der Waals surface area (Å²) in [6, 6.07) is 23.8. The van der Waals surface area contributed by atoms with Crippen molar-refractivity contribution in [3.63, 3.8) is 0 Å². The van der Waals surface area contributed by atoms with Crippen molar-refractivity contribution in [3.8, 4) is 17.2 Å². The molecule has 0 aliphatic carbocycles. The quantitative estimate of drug-likeness (QED) is 0.215. The molecule has 0 unspecified atom stereocenters. The second kappa shape index (κ2) is 18.7. The predicted molar refractivity (Wildman–Crippen MR) is 159 cm³/mol. The molecule has 4 rings (SSSR count). The second-order valence-corrected chi connectivity index (χ2v) is 9.73. The van der Waals surface area contributed by atoms with E-state index in [2.05, 4.69) is 29.6 Å². The Bertz CT molecular complexity index is 1150. The smallest absolute Gasteiger partial charge is 0.303 e. The zero-order valence-electron chi connectivity index (χ0n) is 23.9. The molecule has 8 nitrogen and oxygen atoms in total. The number of carboxylic acids is 1. The SMILES string of the molecule is COc1ccccc1COCCCOc1ccc(C2CCNCC2)cc1.O=C(O)CCc1ccccc1OCCO. The van der Waals surface area contributed by atoms with Gasteiger partial charge in [-0.2, -0.15) is 0 Å². The Balaban J connectivity index is 0.000000263. The van der Waals surface area contributed by atoms with Gasteiger partial charge in [0.2, 0.25) is 0 Å². The molecule has 222 valence electrons. The van der Waals surface area contributed by atoms with Crippen molar-refractivity contribution in [1.82, 2.24) is 5.32 Å². The molecule has 1 aliphatic rings. The van der Waals surface area contributed by atoms with Crippen LogP contribution in [0, 0.1) is 0 Å². The van der Waals surface area contributed by atoms with Gasteiger partial charge in [-0.3, -0.25) is 4.79 Å². The van der Waals surface area contributed by atoms with Gasteiger partial charge in [-0.15, -0.1) is 0 Å². The third kappa shape index (κ3) is 11.8. The Hall–Kier alpha value is -3.59. The standard InChI is InChI=1S/C22H29NO3.C11H14O4/c1-24-22-6-3-2-5-20(22)17-25-15-4-16-26-21-9-7-18(8-10-21)19-11-13-23-14-12-19;12-7-8-15-10-4-2-1-3-9(10)5-6-11(13)14/h2-3,5-10,19,23H,4,11-17H2,1H3;1-4,12H,5-8H2,(H,13,14). The fourth-order valence-corrected chi connectivity index (χ4v) is 4.60. The highest BCUT2D eigenvalue weighted by molar-refractivity contribution is 5.67. The fourth-order valence-electron chi connectivity index (χ4n) is 4.60. The van der Waals surface area contributed by atoms with E-state index in [4.69, 9.17) is 29.2 Å². The maximum absolute atomic E-state index is 10.4. The van der Waals surface area contributed by atoms with Gasteiger partial charge in [0, 0.05) is 18.4 Å². The first-order valence-electron chi connectivity index (χ1n) is 14.3. The number of para-hydroxylation sites is 2. The number of nitrogens with one attached hydrogen (secondary N) is 1. The number of benzene rings is 3. The number of rotatable bonds is 15. The minimum Gasteiger partial charge on any atom is -0.496 e. The number of carboxylic acid groups (broad SMARTS) is 1. The van der Waals surface area contributed by atoms with E-state index in [0.717, 1.165) is 42.1 Å². The Morgan fingerprint density at radius 2 is 1.54 bits per heavy atom. The number of aryl methyl sites for hydroxylation is 1. The normalized spacial score (nSPS) is 13.1. The summed E-state index contributed by atoms with van der Waals surface area (Å²) >= 11 is 0. The number of aliphatic carboxylic acids is 1. The van der Waals surface area contributed by atoms with Crippen LogP contribution in [0.25, 0.3) is 0 Å². The molecule has 41 heavy (non-hydrogen) atoms. The summed E-state index contributed by atoms with van der Waals surface area (Å²) in [4.78, 5) is 10.4. The maximum Gasteiger partial charge on any atom is 0.303 e. The van der Waals surface area contributed by atoms with Crippen LogP contribution in [0.2, 0.25) is 0 Å². The number of carbonyl (C=O) groups is 1. The Morgan fingerprint density at radius 3 is 2.22 bits per heavy atom. The van der Waals surface area contributed by atoms with Crippen LogP contribution in [0.3, 0.4) is 0 Å². The molecule has 1 aliphatic heterocycles. The van der Waals surface area contributed by atoms with Crippen LogP contribution < -0.4 is 19.5 Å². The molecule has 0 saturated carbocycles. The second-order valence-electron chi connectivity index (χ2n) is 9.73. The summed E-state index contributed by atoms with van der Waals surface area (Å²) in [7, 11) is 1.68. The average molecular weight is 566 g/mol. The molecule has 1 saturated heterocycles. The minimum atomic E-state index is -0.827. The van der Waals surface area contributed by atoms with Crippen LogP contribution in [0.15, 0.2) is 72.8 Å². The summed E-state index contributed by atoms with van der Waals surface area (Å²) in [5.41, 5.74) is 3.36. The number of hydrogen-bond acceptors (Lipinski definition) is 7. The Morgan fingerprint density at radius 1 is 0.854 bits per heavy atom. The van der Waals surface area contributed by atoms with Gasteiger partial charge in [-0.1, -0.05) is 48.5 Å². The molecule has 3 N–H and O–H groups in total. The largest absolute Gasteiger partial charge is 0.496 e. The van der Waals surface area contributed by atoms with E-state index in [1.807, 2.05) is 42.5 Å². The lowest BCUT2D eigenvalue weighted by Gasteiger charge is -2.23. The Kier molecular flexibility index (Phi) is 14.6. The van der Waals surface area contributed by atoms with Gasteiger partial charge in [-0.05, 0) is 73.7 Å². The van der Waals surface area contributed by atoms with E-state index in [9.17, 15) is 4.79 Å². The van der Waals surface area contributed by atoms with Gasteiger partial charge in [0.25, 0.3) is 0 Å². The summed E-state index contributed by atoms with van der Waals surface area (Å²) in [6.45, 7) is 4.33. The third-order valence-electron chi connectivity index (χ3n) is 6.77. The summed E-state index contributed by atoms with van der Waals surface area (Å²) in [5, 5.41) is 20.6. The van der Waals surface area contributed by atoms with Gasteiger partial charge in [-0.25, -0.2) is 0 Å². The minimum absolute atomic E-state index is 0.0483. The summed E-state index contributed by atoms with van der Waals surface area (Å²) in [6.07, 6.45) is 3.84. The molecule has 0 aromatic heterocycles. The molecule has 0 radical (unpaired) electrons. The van der Waals surface area contributed by atoms with Crippen LogP contribution in [-0.4, -0.2) is 62.8 Å². The first kappa shape index (κ1) is 31.9. The molecule has 0 bridgehead atoms. The van der Waals surface area contributed by atoms with Crippen LogP contribution in [0.5, 0.6) is 17.2 Å². The van der Waals surface area contributed by atoms with Crippen molar-refractivity contribution in [2.45, 2.75) is 44.6 Å². The molecule has 8 heteroatoms. The van der Waals surface area contributed by atoms with Crippen molar-refractivity contribution in [2.24, 2.45) is 0 Å². The van der Waals surface area contributed by atoms with E-state index in [1.165, 1.54) is 18.4 Å². The molecular weight excluding hydrogens is 522 g/mol. The van der Waals surface area contributed by atoms with Gasteiger partial charge >= 0.3 is 5.97 Å². The predicted octanol–water partition coefficient (Wildman–Crippen LogP) is 5.22. The van der Waals surface area contributed by atoms with Crippen LogP contribution in [0.1, 0.15) is 48.3 Å². The summed E-state index contributed by atoms with van der Waals surface area (Å²) in [5.74, 6) is 2.32. The Labute approximate surface area is 243 Å². The molecule has 3 aromatic rings. The molecule has 0 spiro atoms. The number of aliphatic hydroxyl groups excluding tert-OH is 1. The molecule has 1 fully saturated rings. The monoisotopic (exact) mass is 565 g/mol. The highest BCUT2D eigenvalue weighted by Crippen LogP contribution is 2.27. The van der Waals surface area contributed by atoms with Crippen molar-refractivity contribution in [1.29, 1.82) is 0 Å². The molecule has 3 aromatic carbocycles. The van der Waals surface area contributed by atoms with E-state index in [-0.39, 0.29) is 19.6 Å². The van der Waals surface area contributed by atoms with Crippen LogP contribution >= 0.6 is 0 Å². The van der Waals surface area contributed by atoms with Crippen molar-refractivity contribution in [2.75, 3.05) is 46.6 Å². The van der Waals surface area contributed by atoms with E-state index >= 15 is 0 Å². The molecular formula is C33H43NO7. The number of ether oxygens (including phenoxy) is 4. The number of methoxy groups -OCH3 is 1. The first-order chi connectivity index (χ1) is 20.1. The van der Waals surface area contributed by atoms with Gasteiger partial charge in [0.05, 0.1) is 33.5 Å². The lowest BCUT2D eigenvalue weighted by atomic mass is 9.90. The van der Waals surface area contributed by atoms with Crippen molar-refractivity contribution < 1.29 is 34.0 Å². The maximum atomic E-state index is 10.4. The van der Waals surface area contributed by atoms with Crippen molar-refractivity contribution in [3.05, 3.63) is 89.5 Å². The number of aliphatic hydroxyl groups is 1. The topological polar surface area (TPSA) is 106 Å². The van der Waals surface area contributed by atoms with Gasteiger partial charge in [0.15, 0.2) is 0 Å². The first-order valence-corrected chi connectivity index (χ1v) is 14.3. The highest BCUT2D eigenvalue weighted by atomic mass is 16.5. The highest BCUT2D eigenvalue weighted by Gasteiger charge is 2.14. The van der Waals surface area contributed by atoms with Gasteiger partial charge in [0.1, 0.15) is 23.9 Å². The molecule has 1 heterocycles. The average Bonchev–Trinajstić information content (AvgIpc) is 3.02. The zero-order valence-corrected chi connectivity index (χ0v) is 23.9. The lowest BCUT2D eigenvalue weighted by Crippen LogP contribution is -2.26. The van der Waals surface area contributed by atoms with Crippen LogP contribution in [0.4, 0.5) is 0 Å². The third-order valence-corrected chi connectivity index (χ3v) is 6.77. The van der Waals surface area contributed by atoms with E-state index in [0.29, 0.717) is 37.9 Å². The molecule has 0 atom stereocenters. The molecule has 0 amide bonds. The van der Waals surface area contributed by atoms with Gasteiger partial charge < -0.3 is 34.5 Å². The summed E-state index contributed by atoms with van der Waals surface area (Å²) < 4.78 is 22.2. The van der Waals surface area contributed by atoms with Crippen LogP contribution in [-0.2, 0) is 22.6 Å². The van der Waals surface area contributed by atoms with E-state index < -0.39 is 5.97 Å². The van der Waals surface area contributed by atoms with E-state index in [1.54, 1.807) is 13.2 Å². The van der Waals surface area contributed by atoms with Crippen molar-refractivity contribution >= 4 is 5.97 Å². The fraction of sp³-hybridized carbons (Fsp3) is 0.424. The zero-order chi connectivity index (χ0) is 29.1. The number of piperidine rings is 1. The number of hydrogen-bond donors (Lipinski definition) is 3.